The lowest BCUT2D eigenvalue weighted by molar-refractivity contribution is 0.0922. The molecule has 0 aliphatic heterocycles. The van der Waals surface area contributed by atoms with Crippen molar-refractivity contribution in [3.05, 3.63) is 29.8 Å². The highest BCUT2D eigenvalue weighted by Crippen LogP contribution is 2.20. The SMILES string of the molecule is CCCS(=O)(=O)c1ccccc1C(=O)NC1CCC(N)CC1.Cl. The monoisotopic (exact) mass is 360 g/mol. The molecule has 0 bridgehead atoms. The Kier molecular flexibility index (Phi) is 7.51. The molecule has 2 rings (SSSR count). The highest BCUT2D eigenvalue weighted by Gasteiger charge is 2.24. The zero-order valence-electron chi connectivity index (χ0n) is 13.3. The molecule has 0 heterocycles. The molecule has 0 aromatic heterocycles. The third-order valence-electron chi connectivity index (χ3n) is 4.05. The van der Waals surface area contributed by atoms with Gasteiger partial charge in [0.05, 0.1) is 16.2 Å². The van der Waals surface area contributed by atoms with Crippen molar-refractivity contribution in [2.75, 3.05) is 5.75 Å². The number of nitrogens with two attached hydrogens (primary N) is 1. The molecule has 1 fully saturated rings. The van der Waals surface area contributed by atoms with Crippen LogP contribution in [0.15, 0.2) is 29.2 Å². The van der Waals surface area contributed by atoms with Crippen molar-refractivity contribution in [1.82, 2.24) is 5.32 Å². The first kappa shape index (κ1) is 19.9. The molecule has 0 unspecified atom stereocenters. The number of benzene rings is 1. The predicted octanol–water partition coefficient (Wildman–Crippen LogP) is 2.29. The van der Waals surface area contributed by atoms with Gasteiger partial charge >= 0.3 is 0 Å². The van der Waals surface area contributed by atoms with E-state index in [1.807, 2.05) is 6.92 Å². The second-order valence-corrected chi connectivity index (χ2v) is 7.98. The van der Waals surface area contributed by atoms with Gasteiger partial charge in [0.15, 0.2) is 9.84 Å². The molecular formula is C16H25ClN2O3S. The molecule has 7 heteroatoms. The quantitative estimate of drug-likeness (QED) is 0.843. The van der Waals surface area contributed by atoms with E-state index in [0.29, 0.717) is 6.42 Å². The highest BCUT2D eigenvalue weighted by molar-refractivity contribution is 7.91. The number of hydrogen-bond acceptors (Lipinski definition) is 4. The first-order chi connectivity index (χ1) is 10.4. The maximum Gasteiger partial charge on any atom is 0.252 e. The van der Waals surface area contributed by atoms with Gasteiger partial charge in [-0.1, -0.05) is 19.1 Å². The lowest BCUT2D eigenvalue weighted by Crippen LogP contribution is -2.40. The van der Waals surface area contributed by atoms with Gasteiger partial charge in [-0.25, -0.2) is 8.42 Å². The van der Waals surface area contributed by atoms with Crippen LogP contribution >= 0.6 is 12.4 Å². The molecular weight excluding hydrogens is 336 g/mol. The minimum absolute atomic E-state index is 0. The number of halogens is 1. The van der Waals surface area contributed by atoms with Crippen molar-refractivity contribution in [3.8, 4) is 0 Å². The molecule has 23 heavy (non-hydrogen) atoms. The zero-order chi connectivity index (χ0) is 16.2. The van der Waals surface area contributed by atoms with Crippen LogP contribution in [0.25, 0.3) is 0 Å². The highest BCUT2D eigenvalue weighted by atomic mass is 35.5. The Morgan fingerprint density at radius 2 is 1.83 bits per heavy atom. The van der Waals surface area contributed by atoms with Gasteiger partial charge in [0.2, 0.25) is 0 Å². The molecule has 1 saturated carbocycles. The Morgan fingerprint density at radius 3 is 2.43 bits per heavy atom. The van der Waals surface area contributed by atoms with Gasteiger partial charge in [-0.2, -0.15) is 0 Å². The summed E-state index contributed by atoms with van der Waals surface area (Å²) >= 11 is 0. The maximum absolute atomic E-state index is 12.5. The lowest BCUT2D eigenvalue weighted by Gasteiger charge is -2.27. The van der Waals surface area contributed by atoms with Crippen LogP contribution < -0.4 is 11.1 Å². The Balaban J connectivity index is 0.00000264. The predicted molar refractivity (Wildman–Crippen MR) is 93.7 cm³/mol. The average Bonchev–Trinajstić information content (AvgIpc) is 2.49. The summed E-state index contributed by atoms with van der Waals surface area (Å²) in [6.07, 6.45) is 3.99. The van der Waals surface area contributed by atoms with E-state index in [9.17, 15) is 13.2 Å². The Morgan fingerprint density at radius 1 is 1.22 bits per heavy atom. The Labute approximate surface area is 144 Å². The van der Waals surface area contributed by atoms with E-state index in [0.717, 1.165) is 25.7 Å². The number of nitrogens with one attached hydrogen (secondary N) is 1. The van der Waals surface area contributed by atoms with Gasteiger partial charge in [-0.3, -0.25) is 4.79 Å². The zero-order valence-corrected chi connectivity index (χ0v) is 15.0. The summed E-state index contributed by atoms with van der Waals surface area (Å²) in [7, 11) is -3.42. The van der Waals surface area contributed by atoms with E-state index >= 15 is 0 Å². The number of hydrogen-bond donors (Lipinski definition) is 2. The van der Waals surface area contributed by atoms with E-state index in [1.165, 1.54) is 6.07 Å². The van der Waals surface area contributed by atoms with Crippen LogP contribution in [0.1, 0.15) is 49.4 Å². The normalized spacial score (nSPS) is 21.3. The van der Waals surface area contributed by atoms with E-state index in [-0.39, 0.29) is 46.6 Å². The van der Waals surface area contributed by atoms with Gasteiger partial charge < -0.3 is 11.1 Å². The molecule has 3 N–H and O–H groups in total. The summed E-state index contributed by atoms with van der Waals surface area (Å²) in [5, 5.41) is 2.95. The fourth-order valence-electron chi connectivity index (χ4n) is 2.83. The van der Waals surface area contributed by atoms with Crippen LogP contribution in [0.3, 0.4) is 0 Å². The molecule has 1 aromatic rings. The minimum Gasteiger partial charge on any atom is -0.349 e. The first-order valence-corrected chi connectivity index (χ1v) is 9.47. The van der Waals surface area contributed by atoms with Gasteiger partial charge in [0.1, 0.15) is 0 Å². The van der Waals surface area contributed by atoms with Crippen LogP contribution in [-0.2, 0) is 9.84 Å². The molecule has 0 atom stereocenters. The van der Waals surface area contributed by atoms with Crippen LogP contribution in [-0.4, -0.2) is 32.2 Å². The standard InChI is InChI=1S/C16H24N2O3S.ClH/c1-2-11-22(20,21)15-6-4-3-5-14(15)16(19)18-13-9-7-12(17)8-10-13;/h3-6,12-13H,2,7-11,17H2,1H3,(H,18,19);1H. The van der Waals surface area contributed by atoms with Crippen molar-refractivity contribution >= 4 is 28.2 Å². The summed E-state index contributed by atoms with van der Waals surface area (Å²) in [4.78, 5) is 12.6. The minimum atomic E-state index is -3.42. The summed E-state index contributed by atoms with van der Waals surface area (Å²) in [5.41, 5.74) is 6.10. The smallest absolute Gasteiger partial charge is 0.252 e. The molecule has 5 nitrogen and oxygen atoms in total. The first-order valence-electron chi connectivity index (χ1n) is 7.82. The third-order valence-corrected chi connectivity index (χ3v) is 6.02. The van der Waals surface area contributed by atoms with Crippen LogP contribution in [0, 0.1) is 0 Å². The van der Waals surface area contributed by atoms with Crippen molar-refractivity contribution < 1.29 is 13.2 Å². The number of sulfone groups is 1. The van der Waals surface area contributed by atoms with Crippen molar-refractivity contribution in [2.24, 2.45) is 5.73 Å². The van der Waals surface area contributed by atoms with Crippen molar-refractivity contribution in [3.63, 3.8) is 0 Å². The summed E-state index contributed by atoms with van der Waals surface area (Å²) in [6.45, 7) is 1.81. The average molecular weight is 361 g/mol. The number of rotatable bonds is 5. The number of carbonyl (C=O) groups excluding carboxylic acids is 1. The molecule has 1 aromatic carbocycles. The molecule has 1 amide bonds. The number of amides is 1. The van der Waals surface area contributed by atoms with E-state index < -0.39 is 9.84 Å². The largest absolute Gasteiger partial charge is 0.349 e. The lowest BCUT2D eigenvalue weighted by atomic mass is 9.91. The molecule has 130 valence electrons. The molecule has 1 aliphatic carbocycles. The van der Waals surface area contributed by atoms with Crippen molar-refractivity contribution in [1.29, 1.82) is 0 Å². The molecule has 1 aliphatic rings. The molecule has 0 saturated heterocycles. The summed E-state index contributed by atoms with van der Waals surface area (Å²) in [6, 6.07) is 6.72. The Bertz CT molecular complexity index is 626. The van der Waals surface area contributed by atoms with Crippen LogP contribution in [0.5, 0.6) is 0 Å². The summed E-state index contributed by atoms with van der Waals surface area (Å²) in [5.74, 6) is -0.258. The third kappa shape index (κ3) is 5.19. The van der Waals surface area contributed by atoms with Gasteiger partial charge in [-0.15, -0.1) is 12.4 Å². The summed E-state index contributed by atoms with van der Waals surface area (Å²) < 4.78 is 24.6. The second kappa shape index (κ2) is 8.66. The Hall–Kier alpha value is -1.11. The molecule has 0 radical (unpaired) electrons. The van der Waals surface area contributed by atoms with E-state index in [4.69, 9.17) is 5.73 Å². The van der Waals surface area contributed by atoms with E-state index in [1.54, 1.807) is 18.2 Å². The van der Waals surface area contributed by atoms with Crippen LogP contribution in [0.4, 0.5) is 0 Å². The van der Waals surface area contributed by atoms with Gasteiger partial charge in [0, 0.05) is 12.1 Å². The topological polar surface area (TPSA) is 89.3 Å². The molecule has 0 spiro atoms. The van der Waals surface area contributed by atoms with Gasteiger partial charge in [-0.05, 0) is 44.2 Å². The fraction of sp³-hybridized carbons (Fsp3) is 0.562. The maximum atomic E-state index is 12.5. The fourth-order valence-corrected chi connectivity index (χ4v) is 4.37. The number of carbonyl (C=O) groups is 1. The van der Waals surface area contributed by atoms with Crippen molar-refractivity contribution in [2.45, 2.75) is 56.0 Å². The van der Waals surface area contributed by atoms with E-state index in [2.05, 4.69) is 5.32 Å². The van der Waals surface area contributed by atoms with Gasteiger partial charge in [0.25, 0.3) is 5.91 Å². The second-order valence-electron chi connectivity index (χ2n) is 5.90. The van der Waals surface area contributed by atoms with Crippen LogP contribution in [0.2, 0.25) is 0 Å².